The lowest BCUT2D eigenvalue weighted by Gasteiger charge is -1.96. The van der Waals surface area contributed by atoms with Gasteiger partial charge in [0.05, 0.1) is 17.3 Å². The van der Waals surface area contributed by atoms with Crippen molar-refractivity contribution in [3.05, 3.63) is 42.0 Å². The molecule has 4 rings (SSSR count). The summed E-state index contributed by atoms with van der Waals surface area (Å²) in [5.41, 5.74) is 3.62. The van der Waals surface area contributed by atoms with Gasteiger partial charge in [-0.25, -0.2) is 4.98 Å². The van der Waals surface area contributed by atoms with Crippen LogP contribution in [0.3, 0.4) is 0 Å². The summed E-state index contributed by atoms with van der Waals surface area (Å²) in [6.07, 6.45) is 0. The summed E-state index contributed by atoms with van der Waals surface area (Å²) in [6, 6.07) is 12.2. The molecule has 0 saturated heterocycles. The molecule has 0 aliphatic heterocycles. The standard InChI is InChI=1S/C16H13N3O2S/c1-9-4-3-5-12-14(9)21-15(17-12)19-16-18-11-7-6-10(20-2)8-13(11)22-16/h3-8H,1-2H3,(H,17,18,19). The minimum Gasteiger partial charge on any atom is -0.497 e. The molecule has 22 heavy (non-hydrogen) atoms. The highest BCUT2D eigenvalue weighted by Gasteiger charge is 2.10. The van der Waals surface area contributed by atoms with Gasteiger partial charge in [0.2, 0.25) is 0 Å². The number of fused-ring (bicyclic) bond motifs is 2. The quantitative estimate of drug-likeness (QED) is 0.603. The fourth-order valence-corrected chi connectivity index (χ4v) is 3.20. The van der Waals surface area contributed by atoms with Crippen LogP contribution in [0.4, 0.5) is 11.1 Å². The number of para-hydroxylation sites is 1. The average Bonchev–Trinajstić information content (AvgIpc) is 3.10. The van der Waals surface area contributed by atoms with Crippen LogP contribution >= 0.6 is 11.3 Å². The van der Waals surface area contributed by atoms with Crippen molar-refractivity contribution in [1.82, 2.24) is 9.97 Å². The summed E-state index contributed by atoms with van der Waals surface area (Å²) in [5.74, 6) is 0.820. The molecule has 0 unspecified atom stereocenters. The second-order valence-electron chi connectivity index (χ2n) is 4.92. The van der Waals surface area contributed by atoms with E-state index in [1.54, 1.807) is 7.11 Å². The number of rotatable bonds is 3. The van der Waals surface area contributed by atoms with E-state index in [2.05, 4.69) is 15.3 Å². The number of aromatic nitrogens is 2. The molecular weight excluding hydrogens is 298 g/mol. The first-order valence-corrected chi connectivity index (χ1v) is 7.62. The van der Waals surface area contributed by atoms with Gasteiger partial charge >= 0.3 is 6.01 Å². The van der Waals surface area contributed by atoms with Crippen LogP contribution in [-0.2, 0) is 0 Å². The number of thiazole rings is 1. The number of aryl methyl sites for hydroxylation is 1. The lowest BCUT2D eigenvalue weighted by Crippen LogP contribution is -1.88. The smallest absolute Gasteiger partial charge is 0.302 e. The monoisotopic (exact) mass is 311 g/mol. The van der Waals surface area contributed by atoms with Crippen LogP contribution in [0, 0.1) is 6.92 Å². The van der Waals surface area contributed by atoms with Crippen molar-refractivity contribution in [1.29, 1.82) is 0 Å². The molecule has 2 heterocycles. The fraction of sp³-hybridized carbons (Fsp3) is 0.125. The molecule has 0 bridgehead atoms. The van der Waals surface area contributed by atoms with Crippen LogP contribution in [0.1, 0.15) is 5.56 Å². The predicted octanol–water partition coefficient (Wildman–Crippen LogP) is 4.50. The number of anilines is 2. The second-order valence-corrected chi connectivity index (χ2v) is 5.95. The number of hydrogen-bond donors (Lipinski definition) is 1. The molecule has 0 saturated carbocycles. The summed E-state index contributed by atoms with van der Waals surface area (Å²) in [6.45, 7) is 2.00. The molecule has 2 aromatic carbocycles. The first-order chi connectivity index (χ1) is 10.7. The number of nitrogens with zero attached hydrogens (tertiary/aromatic N) is 2. The van der Waals surface area contributed by atoms with Crippen molar-refractivity contribution in [2.45, 2.75) is 6.92 Å². The van der Waals surface area contributed by atoms with E-state index in [1.165, 1.54) is 11.3 Å². The Hall–Kier alpha value is -2.60. The van der Waals surface area contributed by atoms with Crippen molar-refractivity contribution >= 4 is 43.8 Å². The molecule has 5 nitrogen and oxygen atoms in total. The number of methoxy groups -OCH3 is 1. The Kier molecular flexibility index (Phi) is 2.97. The van der Waals surface area contributed by atoms with Gasteiger partial charge in [0.15, 0.2) is 10.7 Å². The Bertz CT molecular complexity index is 974. The van der Waals surface area contributed by atoms with Gasteiger partial charge in [-0.1, -0.05) is 23.5 Å². The zero-order valence-corrected chi connectivity index (χ0v) is 12.9. The normalized spacial score (nSPS) is 11.2. The molecule has 2 aromatic heterocycles. The van der Waals surface area contributed by atoms with E-state index in [4.69, 9.17) is 9.15 Å². The SMILES string of the molecule is COc1ccc2nc(Nc3nc4cccc(C)c4o3)sc2c1. The Morgan fingerprint density at radius 3 is 2.86 bits per heavy atom. The molecule has 110 valence electrons. The Morgan fingerprint density at radius 1 is 1.14 bits per heavy atom. The van der Waals surface area contributed by atoms with E-state index in [-0.39, 0.29) is 0 Å². The van der Waals surface area contributed by atoms with Crippen LogP contribution in [0.5, 0.6) is 5.75 Å². The lowest BCUT2D eigenvalue weighted by molar-refractivity contribution is 0.415. The van der Waals surface area contributed by atoms with Gasteiger partial charge < -0.3 is 9.15 Å². The van der Waals surface area contributed by atoms with Crippen LogP contribution < -0.4 is 10.1 Å². The maximum atomic E-state index is 5.76. The first-order valence-electron chi connectivity index (χ1n) is 6.81. The zero-order valence-electron chi connectivity index (χ0n) is 12.1. The van der Waals surface area contributed by atoms with E-state index >= 15 is 0 Å². The molecule has 0 amide bonds. The van der Waals surface area contributed by atoms with Gasteiger partial charge in [-0.05, 0) is 36.8 Å². The lowest BCUT2D eigenvalue weighted by atomic mass is 10.2. The largest absolute Gasteiger partial charge is 0.497 e. The molecule has 0 aliphatic carbocycles. The molecule has 0 fully saturated rings. The third-order valence-corrected chi connectivity index (χ3v) is 4.35. The predicted molar refractivity (Wildman–Crippen MR) is 88.2 cm³/mol. The summed E-state index contributed by atoms with van der Waals surface area (Å²) < 4.78 is 12.0. The van der Waals surface area contributed by atoms with Gasteiger partial charge in [0, 0.05) is 0 Å². The van der Waals surface area contributed by atoms with Crippen LogP contribution in [0.25, 0.3) is 21.3 Å². The van der Waals surface area contributed by atoms with Gasteiger partial charge in [0.25, 0.3) is 0 Å². The molecule has 4 aromatic rings. The Balaban J connectivity index is 1.70. The number of oxazole rings is 1. The van der Waals surface area contributed by atoms with E-state index in [0.29, 0.717) is 6.01 Å². The van der Waals surface area contributed by atoms with E-state index < -0.39 is 0 Å². The topological polar surface area (TPSA) is 60.2 Å². The molecule has 0 spiro atoms. The number of hydrogen-bond acceptors (Lipinski definition) is 6. The highest BCUT2D eigenvalue weighted by molar-refractivity contribution is 7.22. The third-order valence-electron chi connectivity index (χ3n) is 3.42. The maximum Gasteiger partial charge on any atom is 0.302 e. The first kappa shape index (κ1) is 13.1. The van der Waals surface area contributed by atoms with Gasteiger partial charge in [-0.3, -0.25) is 5.32 Å². The van der Waals surface area contributed by atoms with E-state index in [9.17, 15) is 0 Å². The summed E-state index contributed by atoms with van der Waals surface area (Å²) in [5, 5.41) is 3.88. The minimum atomic E-state index is 0.454. The molecule has 1 N–H and O–H groups in total. The van der Waals surface area contributed by atoms with Crippen molar-refractivity contribution < 1.29 is 9.15 Å². The van der Waals surface area contributed by atoms with Gasteiger partial charge in [-0.2, -0.15) is 4.98 Å². The molecular formula is C16H13N3O2S. The van der Waals surface area contributed by atoms with Gasteiger partial charge in [0.1, 0.15) is 11.3 Å². The average molecular weight is 311 g/mol. The van der Waals surface area contributed by atoms with E-state index in [1.807, 2.05) is 43.3 Å². The fourth-order valence-electron chi connectivity index (χ4n) is 2.32. The zero-order chi connectivity index (χ0) is 15.1. The van der Waals surface area contributed by atoms with Crippen LogP contribution in [0.2, 0.25) is 0 Å². The van der Waals surface area contributed by atoms with Gasteiger partial charge in [-0.15, -0.1) is 0 Å². The number of ether oxygens (including phenoxy) is 1. The van der Waals surface area contributed by atoms with Crippen molar-refractivity contribution in [2.75, 3.05) is 12.4 Å². The molecule has 0 radical (unpaired) electrons. The molecule has 6 heteroatoms. The van der Waals surface area contributed by atoms with Crippen molar-refractivity contribution in [3.63, 3.8) is 0 Å². The van der Waals surface area contributed by atoms with Crippen LogP contribution in [-0.4, -0.2) is 17.1 Å². The second kappa shape index (κ2) is 4.99. The summed E-state index contributed by atoms with van der Waals surface area (Å²) in [4.78, 5) is 8.96. The molecule has 0 aliphatic rings. The number of benzene rings is 2. The summed E-state index contributed by atoms with van der Waals surface area (Å²) >= 11 is 1.53. The highest BCUT2D eigenvalue weighted by atomic mass is 32.1. The highest BCUT2D eigenvalue weighted by Crippen LogP contribution is 2.31. The van der Waals surface area contributed by atoms with Crippen molar-refractivity contribution in [2.24, 2.45) is 0 Å². The van der Waals surface area contributed by atoms with Crippen LogP contribution in [0.15, 0.2) is 40.8 Å². The number of nitrogens with one attached hydrogen (secondary N) is 1. The maximum absolute atomic E-state index is 5.76. The third kappa shape index (κ3) is 2.17. The molecule has 0 atom stereocenters. The van der Waals surface area contributed by atoms with Crippen molar-refractivity contribution in [3.8, 4) is 5.75 Å². The Morgan fingerprint density at radius 2 is 2.05 bits per heavy atom. The Labute approximate surface area is 130 Å². The van der Waals surface area contributed by atoms with E-state index in [0.717, 1.165) is 37.8 Å². The minimum absolute atomic E-state index is 0.454. The summed E-state index contributed by atoms with van der Waals surface area (Å²) in [7, 11) is 1.65.